The Bertz CT molecular complexity index is 955. The van der Waals surface area contributed by atoms with E-state index in [0.29, 0.717) is 35.8 Å². The van der Waals surface area contributed by atoms with Gasteiger partial charge in [-0.3, -0.25) is 9.48 Å². The first-order chi connectivity index (χ1) is 14.2. The molecule has 1 aliphatic heterocycles. The van der Waals surface area contributed by atoms with Gasteiger partial charge in [0.1, 0.15) is 11.3 Å². The molecule has 30 heavy (non-hydrogen) atoms. The summed E-state index contributed by atoms with van der Waals surface area (Å²) < 4.78 is 13.0. The number of ether oxygens (including phenoxy) is 2. The summed E-state index contributed by atoms with van der Waals surface area (Å²) >= 11 is 0. The molecule has 158 valence electrons. The lowest BCUT2D eigenvalue weighted by molar-refractivity contribution is -0.126. The van der Waals surface area contributed by atoms with Crippen LogP contribution in [0.3, 0.4) is 0 Å². The maximum Gasteiger partial charge on any atom is 0.252 e. The standard InChI is InChI=1S/C22H24N4O3.ClH/c1-28-19-5-2-3-6-20(19)29-18-9-7-17(8-10-18)25-21(27)22(11-14-23-15-12-22)26-16-4-13-24-26;/h2-10,13,16,23H,11-12,14-15H2,1H3,(H,25,27);1H. The molecule has 1 saturated heterocycles. The molecule has 2 heterocycles. The number of carbonyl (C=O) groups excluding carboxylic acids is 1. The average molecular weight is 429 g/mol. The summed E-state index contributed by atoms with van der Waals surface area (Å²) in [5.74, 6) is 1.91. The minimum atomic E-state index is -0.679. The van der Waals surface area contributed by atoms with Crippen molar-refractivity contribution >= 4 is 24.0 Å². The molecule has 0 atom stereocenters. The Morgan fingerprint density at radius 3 is 2.40 bits per heavy atom. The number of nitrogens with one attached hydrogen (secondary N) is 2. The first kappa shape index (κ1) is 21.7. The van der Waals surface area contributed by atoms with Crippen molar-refractivity contribution in [3.8, 4) is 17.2 Å². The highest BCUT2D eigenvalue weighted by Crippen LogP contribution is 2.32. The predicted molar refractivity (Wildman–Crippen MR) is 118 cm³/mol. The summed E-state index contributed by atoms with van der Waals surface area (Å²) in [7, 11) is 1.61. The molecule has 1 aromatic heterocycles. The third kappa shape index (κ3) is 4.42. The Balaban J connectivity index is 0.00000256. The van der Waals surface area contributed by atoms with Crippen molar-refractivity contribution in [3.63, 3.8) is 0 Å². The summed E-state index contributed by atoms with van der Waals surface area (Å²) in [5.41, 5.74) is 0.0360. The van der Waals surface area contributed by atoms with Gasteiger partial charge in [-0.2, -0.15) is 5.10 Å². The SMILES string of the molecule is COc1ccccc1Oc1ccc(NC(=O)C2(n3cccn3)CCNCC2)cc1.Cl. The quantitative estimate of drug-likeness (QED) is 0.624. The van der Waals surface area contributed by atoms with Crippen molar-refractivity contribution in [2.24, 2.45) is 0 Å². The molecule has 4 rings (SSSR count). The molecule has 0 saturated carbocycles. The number of anilines is 1. The van der Waals surface area contributed by atoms with Gasteiger partial charge in [0.05, 0.1) is 7.11 Å². The summed E-state index contributed by atoms with van der Waals surface area (Å²) in [6.45, 7) is 1.55. The van der Waals surface area contributed by atoms with Crippen molar-refractivity contribution in [3.05, 3.63) is 67.0 Å². The van der Waals surface area contributed by atoms with Crippen LogP contribution in [0.15, 0.2) is 67.0 Å². The van der Waals surface area contributed by atoms with Gasteiger partial charge in [0.15, 0.2) is 11.5 Å². The average Bonchev–Trinajstić information content (AvgIpc) is 3.31. The third-order valence-electron chi connectivity index (χ3n) is 5.21. The fourth-order valence-corrected chi connectivity index (χ4v) is 3.61. The first-order valence-electron chi connectivity index (χ1n) is 9.64. The highest BCUT2D eigenvalue weighted by molar-refractivity contribution is 5.96. The fraction of sp³-hybridized carbons (Fsp3) is 0.273. The lowest BCUT2D eigenvalue weighted by atomic mass is 9.87. The zero-order chi connectivity index (χ0) is 20.1. The van der Waals surface area contributed by atoms with Crippen LogP contribution in [0.1, 0.15) is 12.8 Å². The molecule has 0 spiro atoms. The van der Waals surface area contributed by atoms with Gasteiger partial charge in [-0.15, -0.1) is 12.4 Å². The van der Waals surface area contributed by atoms with Crippen LogP contribution in [-0.4, -0.2) is 35.9 Å². The van der Waals surface area contributed by atoms with Crippen molar-refractivity contribution < 1.29 is 14.3 Å². The van der Waals surface area contributed by atoms with Gasteiger partial charge < -0.3 is 20.1 Å². The number of halogens is 1. The molecule has 0 aliphatic carbocycles. The minimum Gasteiger partial charge on any atom is -0.493 e. The lowest BCUT2D eigenvalue weighted by Gasteiger charge is -2.36. The summed E-state index contributed by atoms with van der Waals surface area (Å²) in [6, 6.07) is 16.6. The highest BCUT2D eigenvalue weighted by atomic mass is 35.5. The van der Waals surface area contributed by atoms with Crippen LogP contribution < -0.4 is 20.1 Å². The summed E-state index contributed by atoms with van der Waals surface area (Å²) in [6.07, 6.45) is 4.95. The Kier molecular flexibility index (Phi) is 6.97. The highest BCUT2D eigenvalue weighted by Gasteiger charge is 2.42. The van der Waals surface area contributed by atoms with E-state index in [-0.39, 0.29) is 18.3 Å². The molecule has 1 aliphatic rings. The molecule has 0 unspecified atom stereocenters. The van der Waals surface area contributed by atoms with Gasteiger partial charge in [0, 0.05) is 18.1 Å². The number of rotatable bonds is 6. The zero-order valence-corrected chi connectivity index (χ0v) is 17.5. The molecule has 1 amide bonds. The van der Waals surface area contributed by atoms with Crippen molar-refractivity contribution in [1.29, 1.82) is 0 Å². The Morgan fingerprint density at radius 1 is 1.07 bits per heavy atom. The molecule has 0 radical (unpaired) electrons. The molecular formula is C22H25ClN4O3. The number of aromatic nitrogens is 2. The molecule has 7 nitrogen and oxygen atoms in total. The van der Waals surface area contributed by atoms with E-state index < -0.39 is 5.54 Å². The van der Waals surface area contributed by atoms with Crippen LogP contribution in [0.5, 0.6) is 17.2 Å². The van der Waals surface area contributed by atoms with E-state index in [9.17, 15) is 4.79 Å². The Hall–Kier alpha value is -3.03. The summed E-state index contributed by atoms with van der Waals surface area (Å²) in [4.78, 5) is 13.2. The molecule has 0 bridgehead atoms. The monoisotopic (exact) mass is 428 g/mol. The second kappa shape index (κ2) is 9.65. The van der Waals surface area contributed by atoms with E-state index >= 15 is 0 Å². The Labute approximate surface area is 181 Å². The first-order valence-corrected chi connectivity index (χ1v) is 9.64. The number of carbonyl (C=O) groups is 1. The maximum absolute atomic E-state index is 13.2. The van der Waals surface area contributed by atoms with Crippen LogP contribution in [0, 0.1) is 0 Å². The number of amides is 1. The van der Waals surface area contributed by atoms with Gasteiger partial charge in [-0.05, 0) is 68.4 Å². The molecule has 2 N–H and O–H groups in total. The second-order valence-corrected chi connectivity index (χ2v) is 6.96. The number of para-hydroxylation sites is 2. The van der Waals surface area contributed by atoms with Crippen molar-refractivity contribution in [2.45, 2.75) is 18.4 Å². The molecule has 2 aromatic carbocycles. The van der Waals surface area contributed by atoms with Gasteiger partial charge >= 0.3 is 0 Å². The molecule has 3 aromatic rings. The van der Waals surface area contributed by atoms with E-state index in [1.165, 1.54) is 0 Å². The van der Waals surface area contributed by atoms with E-state index in [1.54, 1.807) is 18.0 Å². The normalized spacial score (nSPS) is 15.0. The number of piperidine rings is 1. The van der Waals surface area contributed by atoms with Crippen LogP contribution in [0.2, 0.25) is 0 Å². The number of benzene rings is 2. The number of hydrogen-bond donors (Lipinski definition) is 2. The molecule has 1 fully saturated rings. The smallest absolute Gasteiger partial charge is 0.252 e. The van der Waals surface area contributed by atoms with Gasteiger partial charge in [-0.25, -0.2) is 0 Å². The van der Waals surface area contributed by atoms with E-state index in [1.807, 2.05) is 60.8 Å². The predicted octanol–water partition coefficient (Wildman–Crippen LogP) is 3.82. The topological polar surface area (TPSA) is 77.4 Å². The van der Waals surface area contributed by atoms with E-state index in [0.717, 1.165) is 13.1 Å². The largest absolute Gasteiger partial charge is 0.493 e. The lowest BCUT2D eigenvalue weighted by Crippen LogP contribution is -2.52. The van der Waals surface area contributed by atoms with Crippen LogP contribution >= 0.6 is 12.4 Å². The van der Waals surface area contributed by atoms with Gasteiger partial charge in [0.25, 0.3) is 5.91 Å². The van der Waals surface area contributed by atoms with E-state index in [2.05, 4.69) is 15.7 Å². The second-order valence-electron chi connectivity index (χ2n) is 6.96. The molecule has 8 heteroatoms. The van der Waals surface area contributed by atoms with Crippen LogP contribution in [-0.2, 0) is 10.3 Å². The van der Waals surface area contributed by atoms with Crippen molar-refractivity contribution in [2.75, 3.05) is 25.5 Å². The number of nitrogens with zero attached hydrogens (tertiary/aromatic N) is 2. The summed E-state index contributed by atoms with van der Waals surface area (Å²) in [5, 5.41) is 10.7. The van der Waals surface area contributed by atoms with Crippen LogP contribution in [0.25, 0.3) is 0 Å². The third-order valence-corrected chi connectivity index (χ3v) is 5.21. The number of hydrogen-bond acceptors (Lipinski definition) is 5. The van der Waals surface area contributed by atoms with Crippen LogP contribution in [0.4, 0.5) is 5.69 Å². The van der Waals surface area contributed by atoms with Gasteiger partial charge in [-0.1, -0.05) is 12.1 Å². The maximum atomic E-state index is 13.2. The fourth-order valence-electron chi connectivity index (χ4n) is 3.61. The van der Waals surface area contributed by atoms with E-state index in [4.69, 9.17) is 9.47 Å². The van der Waals surface area contributed by atoms with Gasteiger partial charge in [0.2, 0.25) is 0 Å². The number of methoxy groups -OCH3 is 1. The van der Waals surface area contributed by atoms with Crippen molar-refractivity contribution in [1.82, 2.24) is 15.1 Å². The zero-order valence-electron chi connectivity index (χ0n) is 16.7. The molecular weight excluding hydrogens is 404 g/mol. The Morgan fingerprint density at radius 2 is 1.77 bits per heavy atom. The minimum absolute atomic E-state index is 0.